The van der Waals surface area contributed by atoms with Crippen molar-refractivity contribution < 1.29 is 9.59 Å². The molecule has 0 radical (unpaired) electrons. The van der Waals surface area contributed by atoms with Gasteiger partial charge in [0.2, 0.25) is 6.41 Å². The molecular formula is C27H29N3O2. The first-order valence-electron chi connectivity index (χ1n) is 10.8. The monoisotopic (exact) mass is 427 g/mol. The summed E-state index contributed by atoms with van der Waals surface area (Å²) in [5.41, 5.74) is 4.81. The Morgan fingerprint density at radius 2 is 1.59 bits per heavy atom. The summed E-state index contributed by atoms with van der Waals surface area (Å²) in [5.74, 6) is -0.0474. The minimum absolute atomic E-state index is 0.0474. The van der Waals surface area contributed by atoms with E-state index in [1.54, 1.807) is 0 Å². The highest BCUT2D eigenvalue weighted by molar-refractivity contribution is 5.95. The van der Waals surface area contributed by atoms with Crippen LogP contribution in [0, 0.1) is 0 Å². The molecule has 3 rings (SSSR count). The fourth-order valence-corrected chi connectivity index (χ4v) is 3.34. The predicted molar refractivity (Wildman–Crippen MR) is 130 cm³/mol. The summed E-state index contributed by atoms with van der Waals surface area (Å²) in [6, 6.07) is 25.6. The van der Waals surface area contributed by atoms with Crippen molar-refractivity contribution in [1.29, 1.82) is 0 Å². The second-order valence-electron chi connectivity index (χ2n) is 7.40. The lowest BCUT2D eigenvalue weighted by atomic mass is 10.1. The fraction of sp³-hybridized carbons (Fsp3) is 0.185. The van der Waals surface area contributed by atoms with Gasteiger partial charge >= 0.3 is 0 Å². The smallest absolute Gasteiger partial charge is 0.251 e. The molecule has 0 saturated carbocycles. The van der Waals surface area contributed by atoms with Gasteiger partial charge in [0, 0.05) is 24.3 Å². The van der Waals surface area contributed by atoms with Crippen LogP contribution in [0.3, 0.4) is 0 Å². The number of hydrogen-bond donors (Lipinski definition) is 3. The average molecular weight is 428 g/mol. The van der Waals surface area contributed by atoms with E-state index >= 15 is 0 Å². The van der Waals surface area contributed by atoms with Gasteiger partial charge in [-0.25, -0.2) is 0 Å². The molecule has 3 N–H and O–H groups in total. The lowest BCUT2D eigenvalue weighted by molar-refractivity contribution is -0.105. The molecule has 0 aliphatic rings. The molecule has 0 saturated heterocycles. The number of nitrogens with one attached hydrogen (secondary N) is 3. The second kappa shape index (κ2) is 12.9. The van der Waals surface area contributed by atoms with Crippen LogP contribution in [-0.2, 0) is 17.8 Å². The van der Waals surface area contributed by atoms with Crippen molar-refractivity contribution in [1.82, 2.24) is 10.6 Å². The topological polar surface area (TPSA) is 70.2 Å². The van der Waals surface area contributed by atoms with E-state index in [9.17, 15) is 9.59 Å². The molecule has 0 aromatic heterocycles. The number of amides is 2. The van der Waals surface area contributed by atoms with Crippen LogP contribution in [0.15, 0.2) is 84.9 Å². The first-order valence-corrected chi connectivity index (χ1v) is 10.8. The van der Waals surface area contributed by atoms with E-state index in [2.05, 4.69) is 40.2 Å². The first-order chi connectivity index (χ1) is 15.8. The van der Waals surface area contributed by atoms with Crippen LogP contribution in [-0.4, -0.2) is 25.4 Å². The Kier molecular flexibility index (Phi) is 9.24. The Hall–Kier alpha value is -3.70. The van der Waals surface area contributed by atoms with Crippen LogP contribution in [0.25, 0.3) is 6.08 Å². The van der Waals surface area contributed by atoms with E-state index in [1.165, 1.54) is 5.56 Å². The van der Waals surface area contributed by atoms with E-state index in [-0.39, 0.29) is 5.91 Å². The number of hydrogen-bond acceptors (Lipinski definition) is 3. The standard InChI is InChI=1S/C27H29N3O2/c31-21-30-25-15-13-23(14-16-25)17-19-28-20-24-11-4-5-12-26(24)27(32)29-18-7-6-10-22-8-2-1-3-9-22/h1-6,8-16,21,28H,7,17-20H2,(H,29,32)(H,30,31). The first kappa shape index (κ1) is 23.0. The van der Waals surface area contributed by atoms with Gasteiger partial charge in [0.25, 0.3) is 5.91 Å². The van der Waals surface area contributed by atoms with Gasteiger partial charge in [-0.05, 0) is 54.3 Å². The highest BCUT2D eigenvalue weighted by Crippen LogP contribution is 2.11. The van der Waals surface area contributed by atoms with Gasteiger partial charge in [0.1, 0.15) is 0 Å². The summed E-state index contributed by atoms with van der Waals surface area (Å²) >= 11 is 0. The second-order valence-corrected chi connectivity index (χ2v) is 7.40. The van der Waals surface area contributed by atoms with Crippen molar-refractivity contribution in [2.45, 2.75) is 19.4 Å². The summed E-state index contributed by atoms with van der Waals surface area (Å²) < 4.78 is 0. The molecule has 3 aromatic carbocycles. The number of carbonyl (C=O) groups excluding carboxylic acids is 2. The van der Waals surface area contributed by atoms with Crippen molar-refractivity contribution in [3.8, 4) is 0 Å². The van der Waals surface area contributed by atoms with E-state index < -0.39 is 0 Å². The predicted octanol–water partition coefficient (Wildman–Crippen LogP) is 4.42. The molecule has 2 amide bonds. The third kappa shape index (κ3) is 7.52. The molecule has 0 aliphatic heterocycles. The molecule has 0 unspecified atom stereocenters. The molecule has 0 heterocycles. The number of carbonyl (C=O) groups is 2. The molecule has 5 nitrogen and oxygen atoms in total. The van der Waals surface area contributed by atoms with Crippen LogP contribution in [0.5, 0.6) is 0 Å². The molecule has 164 valence electrons. The minimum Gasteiger partial charge on any atom is -0.352 e. The molecule has 0 atom stereocenters. The van der Waals surface area contributed by atoms with Gasteiger partial charge in [-0.2, -0.15) is 0 Å². The van der Waals surface area contributed by atoms with E-state index in [1.807, 2.05) is 66.7 Å². The zero-order valence-electron chi connectivity index (χ0n) is 18.1. The van der Waals surface area contributed by atoms with E-state index in [4.69, 9.17) is 0 Å². The largest absolute Gasteiger partial charge is 0.352 e. The molecular weight excluding hydrogens is 398 g/mol. The Morgan fingerprint density at radius 1 is 0.844 bits per heavy atom. The van der Waals surface area contributed by atoms with Crippen LogP contribution in [0.1, 0.15) is 33.5 Å². The molecule has 32 heavy (non-hydrogen) atoms. The summed E-state index contributed by atoms with van der Waals surface area (Å²) in [5, 5.41) is 9.06. The minimum atomic E-state index is -0.0474. The third-order valence-electron chi connectivity index (χ3n) is 5.05. The normalized spacial score (nSPS) is 10.8. The van der Waals surface area contributed by atoms with Gasteiger partial charge in [-0.3, -0.25) is 9.59 Å². The third-order valence-corrected chi connectivity index (χ3v) is 5.05. The SMILES string of the molecule is O=CNc1ccc(CCNCc2ccccc2C(=O)NCCC=Cc2ccccc2)cc1. The van der Waals surface area contributed by atoms with Gasteiger partial charge in [-0.1, -0.05) is 72.8 Å². The fourth-order valence-electron chi connectivity index (χ4n) is 3.34. The van der Waals surface area contributed by atoms with Crippen molar-refractivity contribution in [3.05, 3.63) is 107 Å². The van der Waals surface area contributed by atoms with Crippen molar-refractivity contribution in [2.75, 3.05) is 18.4 Å². The van der Waals surface area contributed by atoms with E-state index in [0.717, 1.165) is 36.2 Å². The number of rotatable bonds is 12. The summed E-state index contributed by atoms with van der Waals surface area (Å²) in [6.45, 7) is 2.02. The van der Waals surface area contributed by atoms with Crippen LogP contribution >= 0.6 is 0 Å². The Bertz CT molecular complexity index is 1010. The van der Waals surface area contributed by atoms with Crippen LogP contribution in [0.4, 0.5) is 5.69 Å². The maximum Gasteiger partial charge on any atom is 0.251 e. The van der Waals surface area contributed by atoms with E-state index in [0.29, 0.717) is 25.1 Å². The summed E-state index contributed by atoms with van der Waals surface area (Å²) in [4.78, 5) is 23.1. The molecule has 5 heteroatoms. The van der Waals surface area contributed by atoms with Gasteiger partial charge in [-0.15, -0.1) is 0 Å². The van der Waals surface area contributed by atoms with Crippen molar-refractivity contribution in [2.24, 2.45) is 0 Å². The number of benzene rings is 3. The molecule has 0 spiro atoms. The highest BCUT2D eigenvalue weighted by atomic mass is 16.1. The Balaban J connectivity index is 1.42. The van der Waals surface area contributed by atoms with Crippen molar-refractivity contribution in [3.63, 3.8) is 0 Å². The highest BCUT2D eigenvalue weighted by Gasteiger charge is 2.09. The lowest BCUT2D eigenvalue weighted by Gasteiger charge is -2.11. The van der Waals surface area contributed by atoms with Gasteiger partial charge in [0.05, 0.1) is 0 Å². The van der Waals surface area contributed by atoms with Gasteiger partial charge < -0.3 is 16.0 Å². The maximum absolute atomic E-state index is 12.6. The van der Waals surface area contributed by atoms with Crippen LogP contribution in [0.2, 0.25) is 0 Å². The Labute approximate surface area is 189 Å². The molecule has 0 aliphatic carbocycles. The summed E-state index contributed by atoms with van der Waals surface area (Å²) in [6.07, 6.45) is 6.46. The number of anilines is 1. The van der Waals surface area contributed by atoms with Gasteiger partial charge in [0.15, 0.2) is 0 Å². The Morgan fingerprint density at radius 3 is 2.38 bits per heavy atom. The quantitative estimate of drug-likeness (QED) is 0.296. The lowest BCUT2D eigenvalue weighted by Crippen LogP contribution is -2.26. The van der Waals surface area contributed by atoms with Crippen LogP contribution < -0.4 is 16.0 Å². The molecule has 3 aromatic rings. The zero-order valence-corrected chi connectivity index (χ0v) is 18.1. The molecule has 0 bridgehead atoms. The average Bonchev–Trinajstić information content (AvgIpc) is 2.83. The zero-order chi connectivity index (χ0) is 22.4. The van der Waals surface area contributed by atoms with Crippen molar-refractivity contribution >= 4 is 24.1 Å². The molecule has 0 fully saturated rings. The maximum atomic E-state index is 12.6. The summed E-state index contributed by atoms with van der Waals surface area (Å²) in [7, 11) is 0.